The van der Waals surface area contributed by atoms with E-state index in [0.717, 1.165) is 32.1 Å². The molecule has 1 aromatic rings. The van der Waals surface area contributed by atoms with Crippen molar-refractivity contribution in [3.63, 3.8) is 0 Å². The molecule has 110 valence electrons. The second-order valence-corrected chi connectivity index (χ2v) is 5.66. The number of hydrogen-bond acceptors (Lipinski definition) is 0. The van der Waals surface area contributed by atoms with Crippen molar-refractivity contribution in [2.45, 2.75) is 46.0 Å². The monoisotopic (exact) mass is 278 g/mol. The molecule has 0 spiro atoms. The van der Waals surface area contributed by atoms with Crippen LogP contribution in [0.2, 0.25) is 0 Å². The molecule has 2 rings (SSSR count). The molecule has 0 amide bonds. The highest BCUT2D eigenvalue weighted by molar-refractivity contribution is 5.76. The third kappa shape index (κ3) is 3.44. The standard InChI is InChI=1S/C21H26/c1-5-9-16-11-12-17(7-3)21(13-16)20-14-18(8-4)19(15-20)10-6-2/h5-6,11-13,15H,1-2,7-10,14H2,3-4H3. The molecule has 0 heteroatoms. The van der Waals surface area contributed by atoms with E-state index in [1.807, 2.05) is 12.2 Å². The van der Waals surface area contributed by atoms with Gasteiger partial charge in [0.15, 0.2) is 0 Å². The first kappa shape index (κ1) is 15.6. The predicted octanol–water partition coefficient (Wildman–Crippen LogP) is 6.05. The summed E-state index contributed by atoms with van der Waals surface area (Å²) >= 11 is 0. The third-order valence-electron chi connectivity index (χ3n) is 4.28. The average Bonchev–Trinajstić information content (AvgIpc) is 2.91. The van der Waals surface area contributed by atoms with E-state index in [0.29, 0.717) is 0 Å². The Balaban J connectivity index is 2.38. The molecule has 0 nitrogen and oxygen atoms in total. The zero-order valence-corrected chi connectivity index (χ0v) is 13.4. The summed E-state index contributed by atoms with van der Waals surface area (Å²) in [5.41, 5.74) is 8.76. The van der Waals surface area contributed by atoms with Gasteiger partial charge in [-0.05, 0) is 59.9 Å². The van der Waals surface area contributed by atoms with E-state index < -0.39 is 0 Å². The number of benzene rings is 1. The topological polar surface area (TPSA) is 0 Å². The van der Waals surface area contributed by atoms with Gasteiger partial charge < -0.3 is 0 Å². The largest absolute Gasteiger partial charge is 0.103 e. The van der Waals surface area contributed by atoms with Crippen LogP contribution in [0.1, 0.15) is 49.8 Å². The lowest BCUT2D eigenvalue weighted by Crippen LogP contribution is -1.94. The first-order chi connectivity index (χ1) is 10.2. The summed E-state index contributed by atoms with van der Waals surface area (Å²) in [6.07, 6.45) is 11.6. The van der Waals surface area contributed by atoms with Crippen LogP contribution in [0.5, 0.6) is 0 Å². The van der Waals surface area contributed by atoms with Crippen LogP contribution in [-0.2, 0) is 12.8 Å². The molecule has 0 saturated heterocycles. The van der Waals surface area contributed by atoms with Crippen molar-refractivity contribution in [1.82, 2.24) is 0 Å². The van der Waals surface area contributed by atoms with Crippen LogP contribution in [0.15, 0.2) is 60.7 Å². The van der Waals surface area contributed by atoms with Gasteiger partial charge >= 0.3 is 0 Å². The zero-order valence-electron chi connectivity index (χ0n) is 13.4. The molecule has 0 aliphatic heterocycles. The smallest absolute Gasteiger partial charge is 0.00551 e. The Morgan fingerprint density at radius 1 is 1.05 bits per heavy atom. The quantitative estimate of drug-likeness (QED) is 0.533. The molecule has 0 radical (unpaired) electrons. The SMILES string of the molecule is C=CCC1=C(CC)CC(c2cc(CC=C)ccc2CC)=C1. The summed E-state index contributed by atoms with van der Waals surface area (Å²) in [6.45, 7) is 12.2. The zero-order chi connectivity index (χ0) is 15.2. The van der Waals surface area contributed by atoms with Crippen molar-refractivity contribution >= 4 is 5.57 Å². The van der Waals surface area contributed by atoms with E-state index in [1.165, 1.54) is 27.8 Å². The summed E-state index contributed by atoms with van der Waals surface area (Å²) in [6, 6.07) is 6.88. The van der Waals surface area contributed by atoms with Gasteiger partial charge in [0.2, 0.25) is 0 Å². The molecule has 21 heavy (non-hydrogen) atoms. The fourth-order valence-electron chi connectivity index (χ4n) is 3.12. The minimum Gasteiger partial charge on any atom is -0.103 e. The van der Waals surface area contributed by atoms with Crippen LogP contribution in [0.3, 0.4) is 0 Å². The Kier molecular flexibility index (Phi) is 5.38. The van der Waals surface area contributed by atoms with Crippen LogP contribution >= 0.6 is 0 Å². The highest BCUT2D eigenvalue weighted by atomic mass is 14.2. The van der Waals surface area contributed by atoms with Gasteiger partial charge in [0.05, 0.1) is 0 Å². The van der Waals surface area contributed by atoms with Crippen LogP contribution in [0.25, 0.3) is 5.57 Å². The van der Waals surface area contributed by atoms with Crippen LogP contribution in [0.4, 0.5) is 0 Å². The lowest BCUT2D eigenvalue weighted by molar-refractivity contribution is 1.02. The summed E-state index contributed by atoms with van der Waals surface area (Å²) in [4.78, 5) is 0. The second-order valence-electron chi connectivity index (χ2n) is 5.66. The summed E-state index contributed by atoms with van der Waals surface area (Å²) < 4.78 is 0. The van der Waals surface area contributed by atoms with E-state index in [4.69, 9.17) is 0 Å². The molecule has 1 aromatic carbocycles. The normalized spacial score (nSPS) is 14.3. The Morgan fingerprint density at radius 3 is 2.43 bits per heavy atom. The van der Waals surface area contributed by atoms with Crippen LogP contribution in [0, 0.1) is 0 Å². The molecule has 0 bridgehead atoms. The maximum absolute atomic E-state index is 3.89. The van der Waals surface area contributed by atoms with Crippen molar-refractivity contribution in [2.75, 3.05) is 0 Å². The highest BCUT2D eigenvalue weighted by Gasteiger charge is 2.17. The molecular formula is C21H26. The fourth-order valence-corrected chi connectivity index (χ4v) is 3.12. The molecule has 0 heterocycles. The van der Waals surface area contributed by atoms with Crippen LogP contribution < -0.4 is 0 Å². The molecule has 0 unspecified atom stereocenters. The predicted molar refractivity (Wildman–Crippen MR) is 94.4 cm³/mol. The molecule has 0 atom stereocenters. The van der Waals surface area contributed by atoms with E-state index >= 15 is 0 Å². The fraction of sp³-hybridized carbons (Fsp3) is 0.333. The Morgan fingerprint density at radius 2 is 1.81 bits per heavy atom. The maximum atomic E-state index is 3.89. The first-order valence-corrected chi connectivity index (χ1v) is 7.98. The highest BCUT2D eigenvalue weighted by Crippen LogP contribution is 2.37. The number of hydrogen-bond donors (Lipinski definition) is 0. The number of rotatable bonds is 7. The van der Waals surface area contributed by atoms with Crippen molar-refractivity contribution in [3.05, 3.63) is 77.4 Å². The van der Waals surface area contributed by atoms with Crippen molar-refractivity contribution in [3.8, 4) is 0 Å². The molecule has 1 aliphatic carbocycles. The molecule has 1 aliphatic rings. The van der Waals surface area contributed by atoms with Gasteiger partial charge in [0.1, 0.15) is 0 Å². The average molecular weight is 278 g/mol. The summed E-state index contributed by atoms with van der Waals surface area (Å²) in [5, 5.41) is 0. The molecule has 0 aromatic heterocycles. The van der Waals surface area contributed by atoms with Gasteiger partial charge in [0, 0.05) is 0 Å². The minimum atomic E-state index is 0.942. The molecule has 0 saturated carbocycles. The summed E-state index contributed by atoms with van der Waals surface area (Å²) in [5.74, 6) is 0. The maximum Gasteiger partial charge on any atom is -0.00551 e. The lowest BCUT2D eigenvalue weighted by Gasteiger charge is -2.12. The minimum absolute atomic E-state index is 0.942. The van der Waals surface area contributed by atoms with Gasteiger partial charge in [-0.1, -0.05) is 55.8 Å². The third-order valence-corrected chi connectivity index (χ3v) is 4.28. The second kappa shape index (κ2) is 7.26. The molecule has 0 fully saturated rings. The van der Waals surface area contributed by atoms with Crippen molar-refractivity contribution < 1.29 is 0 Å². The Labute approximate surface area is 129 Å². The first-order valence-electron chi connectivity index (χ1n) is 7.98. The summed E-state index contributed by atoms with van der Waals surface area (Å²) in [7, 11) is 0. The van der Waals surface area contributed by atoms with Gasteiger partial charge in [-0.2, -0.15) is 0 Å². The van der Waals surface area contributed by atoms with E-state index in [-0.39, 0.29) is 0 Å². The van der Waals surface area contributed by atoms with E-state index in [9.17, 15) is 0 Å². The van der Waals surface area contributed by atoms with Crippen molar-refractivity contribution in [1.29, 1.82) is 0 Å². The number of allylic oxidation sites excluding steroid dienone is 6. The molecule has 0 N–H and O–H groups in total. The van der Waals surface area contributed by atoms with Gasteiger partial charge in [0.25, 0.3) is 0 Å². The van der Waals surface area contributed by atoms with Gasteiger partial charge in [-0.15, -0.1) is 13.2 Å². The van der Waals surface area contributed by atoms with Crippen LogP contribution in [-0.4, -0.2) is 0 Å². The van der Waals surface area contributed by atoms with Gasteiger partial charge in [-0.3, -0.25) is 0 Å². The molecular weight excluding hydrogens is 252 g/mol. The Hall–Kier alpha value is -1.82. The van der Waals surface area contributed by atoms with E-state index in [1.54, 1.807) is 5.57 Å². The number of aryl methyl sites for hydroxylation is 1. The van der Waals surface area contributed by atoms with Gasteiger partial charge in [-0.25, -0.2) is 0 Å². The Bertz CT molecular complexity index is 596. The van der Waals surface area contributed by atoms with E-state index in [2.05, 4.69) is 51.3 Å². The van der Waals surface area contributed by atoms with Crippen molar-refractivity contribution in [2.24, 2.45) is 0 Å². The lowest BCUT2D eigenvalue weighted by atomic mass is 9.93.